The Morgan fingerprint density at radius 1 is 1.06 bits per heavy atom. The molecule has 0 spiro atoms. The molecule has 0 aliphatic heterocycles. The summed E-state index contributed by atoms with van der Waals surface area (Å²) >= 11 is 0. The van der Waals surface area contributed by atoms with Crippen molar-refractivity contribution < 1.29 is 4.79 Å². The summed E-state index contributed by atoms with van der Waals surface area (Å²) in [6.07, 6.45) is 0. The van der Waals surface area contributed by atoms with Crippen molar-refractivity contribution in [3.63, 3.8) is 0 Å². The maximum atomic E-state index is 12.1. The lowest BCUT2D eigenvalue weighted by Gasteiger charge is -2.01. The van der Waals surface area contributed by atoms with Crippen molar-refractivity contribution in [1.29, 1.82) is 0 Å². The quantitative estimate of drug-likeness (QED) is 0.779. The van der Waals surface area contributed by atoms with Gasteiger partial charge in [0.05, 0.1) is 5.69 Å². The van der Waals surface area contributed by atoms with Crippen LogP contribution in [0.5, 0.6) is 0 Å². The van der Waals surface area contributed by atoms with Crippen molar-refractivity contribution in [2.45, 2.75) is 19.8 Å². The van der Waals surface area contributed by atoms with Crippen molar-refractivity contribution in [3.05, 3.63) is 59.4 Å². The van der Waals surface area contributed by atoms with Gasteiger partial charge in [-0.05, 0) is 18.1 Å². The van der Waals surface area contributed by atoms with Crippen LogP contribution in [0.15, 0.2) is 42.5 Å². The first kappa shape index (κ1) is 10.7. The van der Waals surface area contributed by atoms with E-state index < -0.39 is 0 Å². The van der Waals surface area contributed by atoms with E-state index in [1.807, 2.05) is 42.5 Å². The molecule has 0 fully saturated rings. The molecule has 16 heavy (non-hydrogen) atoms. The molecule has 2 rings (SSSR count). The van der Waals surface area contributed by atoms with Gasteiger partial charge in [0.25, 0.3) is 0 Å². The predicted molar refractivity (Wildman–Crippen MR) is 64.8 cm³/mol. The fourth-order valence-electron chi connectivity index (χ4n) is 1.63. The average Bonchev–Trinajstić information content (AvgIpc) is 2.78. The van der Waals surface area contributed by atoms with Gasteiger partial charge in [-0.25, -0.2) is 0 Å². The van der Waals surface area contributed by atoms with Crippen LogP contribution in [0.1, 0.15) is 41.5 Å². The van der Waals surface area contributed by atoms with E-state index in [1.165, 1.54) is 0 Å². The van der Waals surface area contributed by atoms with Crippen molar-refractivity contribution in [2.75, 3.05) is 0 Å². The highest BCUT2D eigenvalue weighted by atomic mass is 16.1. The van der Waals surface area contributed by atoms with E-state index in [0.29, 0.717) is 11.6 Å². The summed E-state index contributed by atoms with van der Waals surface area (Å²) in [5.74, 6) is 0.463. The van der Waals surface area contributed by atoms with Crippen LogP contribution in [0.3, 0.4) is 0 Å². The lowest BCUT2D eigenvalue weighted by atomic mass is 10.1. The van der Waals surface area contributed by atoms with Gasteiger partial charge in [0, 0.05) is 11.3 Å². The number of rotatable bonds is 3. The van der Waals surface area contributed by atoms with E-state index in [2.05, 4.69) is 18.8 Å². The maximum absolute atomic E-state index is 12.1. The summed E-state index contributed by atoms with van der Waals surface area (Å²) in [5, 5.41) is 0. The molecular weight excluding hydrogens is 198 g/mol. The molecule has 2 heteroatoms. The van der Waals surface area contributed by atoms with Gasteiger partial charge in [-0.1, -0.05) is 44.2 Å². The Balaban J connectivity index is 2.28. The molecule has 1 aromatic carbocycles. The van der Waals surface area contributed by atoms with Crippen LogP contribution in [0.4, 0.5) is 0 Å². The van der Waals surface area contributed by atoms with Crippen LogP contribution in [0, 0.1) is 0 Å². The summed E-state index contributed by atoms with van der Waals surface area (Å²) in [6, 6.07) is 13.1. The first-order chi connectivity index (χ1) is 7.68. The lowest BCUT2D eigenvalue weighted by molar-refractivity contribution is 0.103. The Bertz CT molecular complexity index is 482. The Morgan fingerprint density at radius 2 is 1.75 bits per heavy atom. The summed E-state index contributed by atoms with van der Waals surface area (Å²) in [6.45, 7) is 4.20. The number of aromatic amines is 1. The molecule has 0 bridgehead atoms. The number of ketones is 1. The molecule has 2 aromatic rings. The van der Waals surface area contributed by atoms with Gasteiger partial charge in [-0.15, -0.1) is 0 Å². The summed E-state index contributed by atoms with van der Waals surface area (Å²) in [7, 11) is 0. The van der Waals surface area contributed by atoms with E-state index in [0.717, 1.165) is 11.3 Å². The van der Waals surface area contributed by atoms with Crippen molar-refractivity contribution in [1.82, 2.24) is 4.98 Å². The topological polar surface area (TPSA) is 32.9 Å². The van der Waals surface area contributed by atoms with Gasteiger partial charge in [-0.3, -0.25) is 4.79 Å². The zero-order chi connectivity index (χ0) is 11.5. The SMILES string of the molecule is CC(C)c1ccc(C(=O)c2ccccc2)[nH]1. The number of carbonyl (C=O) groups excluding carboxylic acids is 1. The molecule has 0 saturated heterocycles. The largest absolute Gasteiger partial charge is 0.355 e. The van der Waals surface area contributed by atoms with E-state index in [9.17, 15) is 4.79 Å². The van der Waals surface area contributed by atoms with Crippen LogP contribution in [-0.2, 0) is 0 Å². The zero-order valence-electron chi connectivity index (χ0n) is 9.53. The van der Waals surface area contributed by atoms with Gasteiger partial charge in [0.1, 0.15) is 0 Å². The van der Waals surface area contributed by atoms with Crippen molar-refractivity contribution >= 4 is 5.78 Å². The first-order valence-electron chi connectivity index (χ1n) is 5.47. The van der Waals surface area contributed by atoms with Crippen LogP contribution in [-0.4, -0.2) is 10.8 Å². The molecular formula is C14H15NO. The molecule has 0 saturated carbocycles. The number of hydrogen-bond acceptors (Lipinski definition) is 1. The average molecular weight is 213 g/mol. The van der Waals surface area contributed by atoms with Crippen molar-refractivity contribution in [3.8, 4) is 0 Å². The third kappa shape index (κ3) is 2.06. The van der Waals surface area contributed by atoms with E-state index in [1.54, 1.807) is 0 Å². The zero-order valence-corrected chi connectivity index (χ0v) is 9.53. The minimum Gasteiger partial charge on any atom is -0.355 e. The minimum atomic E-state index is 0.0486. The molecule has 2 nitrogen and oxygen atoms in total. The third-order valence-corrected chi connectivity index (χ3v) is 2.61. The molecule has 1 heterocycles. The predicted octanol–water partition coefficient (Wildman–Crippen LogP) is 3.37. The fraction of sp³-hybridized carbons (Fsp3) is 0.214. The van der Waals surface area contributed by atoms with Gasteiger partial charge in [0.15, 0.2) is 0 Å². The maximum Gasteiger partial charge on any atom is 0.209 e. The molecule has 1 N–H and O–H groups in total. The van der Waals surface area contributed by atoms with E-state index >= 15 is 0 Å². The normalized spacial score (nSPS) is 10.7. The second-order valence-electron chi connectivity index (χ2n) is 4.18. The van der Waals surface area contributed by atoms with Crippen LogP contribution in [0.25, 0.3) is 0 Å². The highest BCUT2D eigenvalue weighted by Crippen LogP contribution is 2.15. The summed E-state index contributed by atoms with van der Waals surface area (Å²) < 4.78 is 0. The fourth-order valence-corrected chi connectivity index (χ4v) is 1.63. The minimum absolute atomic E-state index is 0.0486. The van der Waals surface area contributed by atoms with Crippen LogP contribution >= 0.6 is 0 Å². The van der Waals surface area contributed by atoms with Crippen molar-refractivity contribution in [2.24, 2.45) is 0 Å². The smallest absolute Gasteiger partial charge is 0.209 e. The van der Waals surface area contributed by atoms with Gasteiger partial charge >= 0.3 is 0 Å². The second-order valence-corrected chi connectivity index (χ2v) is 4.18. The molecule has 0 radical (unpaired) electrons. The second kappa shape index (κ2) is 4.35. The Labute approximate surface area is 95.3 Å². The number of hydrogen-bond donors (Lipinski definition) is 1. The highest BCUT2D eigenvalue weighted by Gasteiger charge is 2.11. The summed E-state index contributed by atoms with van der Waals surface area (Å²) in [4.78, 5) is 15.2. The number of benzene rings is 1. The van der Waals surface area contributed by atoms with E-state index in [4.69, 9.17) is 0 Å². The Hall–Kier alpha value is -1.83. The van der Waals surface area contributed by atoms with Gasteiger partial charge in [-0.2, -0.15) is 0 Å². The third-order valence-electron chi connectivity index (χ3n) is 2.61. The lowest BCUT2D eigenvalue weighted by Crippen LogP contribution is -2.01. The molecule has 0 amide bonds. The van der Waals surface area contributed by atoms with Crippen LogP contribution < -0.4 is 0 Å². The highest BCUT2D eigenvalue weighted by molar-refractivity contribution is 6.07. The molecule has 1 aromatic heterocycles. The van der Waals surface area contributed by atoms with Crippen LogP contribution in [0.2, 0.25) is 0 Å². The number of aromatic nitrogens is 1. The number of H-pyrrole nitrogens is 1. The molecule has 82 valence electrons. The van der Waals surface area contributed by atoms with Gasteiger partial charge < -0.3 is 4.98 Å². The molecule has 0 aliphatic rings. The number of nitrogens with one attached hydrogen (secondary N) is 1. The molecule has 0 unspecified atom stereocenters. The Morgan fingerprint density at radius 3 is 2.31 bits per heavy atom. The number of carbonyl (C=O) groups is 1. The monoisotopic (exact) mass is 213 g/mol. The summed E-state index contributed by atoms with van der Waals surface area (Å²) in [5.41, 5.74) is 2.48. The van der Waals surface area contributed by atoms with E-state index in [-0.39, 0.29) is 5.78 Å². The standard InChI is InChI=1S/C14H15NO/c1-10(2)12-8-9-13(15-12)14(16)11-6-4-3-5-7-11/h3-10,15H,1-2H3. The molecule has 0 aliphatic carbocycles. The Kier molecular flexibility index (Phi) is 2.91. The molecule has 0 atom stereocenters. The first-order valence-corrected chi connectivity index (χ1v) is 5.47. The van der Waals surface area contributed by atoms with Gasteiger partial charge in [0.2, 0.25) is 5.78 Å².